The van der Waals surface area contributed by atoms with Crippen molar-refractivity contribution in [3.05, 3.63) is 27.7 Å². The Morgan fingerprint density at radius 3 is 2.89 bits per heavy atom. The Labute approximate surface area is 114 Å². The van der Waals surface area contributed by atoms with Crippen LogP contribution in [0.4, 0.5) is 0 Å². The number of nitrogens with zero attached hydrogens (tertiary/aromatic N) is 4. The highest BCUT2D eigenvalue weighted by Gasteiger charge is 2.20. The van der Waals surface area contributed by atoms with E-state index in [9.17, 15) is 4.79 Å². The number of hydrogen-bond acceptors (Lipinski definition) is 6. The SMILES string of the molecule is CC(C)CN(Cc1nccs1)C(=O)c1csnn1. The van der Waals surface area contributed by atoms with E-state index in [1.165, 1.54) is 11.5 Å². The fourth-order valence-electron chi connectivity index (χ4n) is 1.57. The minimum Gasteiger partial charge on any atom is -0.330 e. The summed E-state index contributed by atoms with van der Waals surface area (Å²) < 4.78 is 3.73. The van der Waals surface area contributed by atoms with Crippen LogP contribution in [-0.4, -0.2) is 31.9 Å². The molecule has 0 unspecified atom stereocenters. The normalized spacial score (nSPS) is 10.8. The van der Waals surface area contributed by atoms with Crippen LogP contribution in [0.5, 0.6) is 0 Å². The predicted molar refractivity (Wildman–Crippen MR) is 71.6 cm³/mol. The maximum absolute atomic E-state index is 12.3. The first-order valence-electron chi connectivity index (χ1n) is 5.61. The Bertz CT molecular complexity index is 481. The fourth-order valence-corrected chi connectivity index (χ4v) is 2.64. The molecule has 7 heteroatoms. The number of hydrogen-bond donors (Lipinski definition) is 0. The van der Waals surface area contributed by atoms with Crippen LogP contribution in [0.25, 0.3) is 0 Å². The zero-order valence-corrected chi connectivity index (χ0v) is 11.9. The number of carbonyl (C=O) groups excluding carboxylic acids is 1. The van der Waals surface area contributed by atoms with Gasteiger partial charge in [-0.15, -0.1) is 16.4 Å². The molecule has 0 aromatic carbocycles. The summed E-state index contributed by atoms with van der Waals surface area (Å²) in [6, 6.07) is 0. The van der Waals surface area contributed by atoms with Gasteiger partial charge in [-0.3, -0.25) is 4.79 Å². The largest absolute Gasteiger partial charge is 0.330 e. The van der Waals surface area contributed by atoms with Gasteiger partial charge >= 0.3 is 0 Å². The summed E-state index contributed by atoms with van der Waals surface area (Å²) in [6.45, 7) is 5.39. The summed E-state index contributed by atoms with van der Waals surface area (Å²) in [6.07, 6.45) is 1.75. The summed E-state index contributed by atoms with van der Waals surface area (Å²) in [5, 5.41) is 8.36. The van der Waals surface area contributed by atoms with Crippen LogP contribution < -0.4 is 0 Å². The van der Waals surface area contributed by atoms with Gasteiger partial charge in [0.1, 0.15) is 5.01 Å². The number of rotatable bonds is 5. The smallest absolute Gasteiger partial charge is 0.275 e. The molecule has 0 saturated heterocycles. The zero-order chi connectivity index (χ0) is 13.0. The molecule has 0 N–H and O–H groups in total. The molecular formula is C11H14N4OS2. The van der Waals surface area contributed by atoms with Gasteiger partial charge in [-0.05, 0) is 17.5 Å². The van der Waals surface area contributed by atoms with E-state index in [0.29, 0.717) is 24.7 Å². The van der Waals surface area contributed by atoms with E-state index < -0.39 is 0 Å². The first-order valence-corrected chi connectivity index (χ1v) is 7.33. The van der Waals surface area contributed by atoms with Crippen LogP contribution in [0, 0.1) is 5.92 Å². The van der Waals surface area contributed by atoms with Crippen molar-refractivity contribution in [1.82, 2.24) is 19.5 Å². The van der Waals surface area contributed by atoms with Crippen molar-refractivity contribution in [1.29, 1.82) is 0 Å². The van der Waals surface area contributed by atoms with Crippen molar-refractivity contribution >= 4 is 28.8 Å². The van der Waals surface area contributed by atoms with Crippen molar-refractivity contribution in [2.75, 3.05) is 6.54 Å². The van der Waals surface area contributed by atoms with E-state index in [2.05, 4.69) is 28.4 Å². The standard InChI is InChI=1S/C11H14N4OS2/c1-8(2)5-15(6-10-12-3-4-17-10)11(16)9-7-18-14-13-9/h3-4,7-8H,5-6H2,1-2H3. The molecule has 2 aromatic rings. The Kier molecular flexibility index (Phi) is 4.38. The van der Waals surface area contributed by atoms with Gasteiger partial charge in [0.05, 0.1) is 6.54 Å². The summed E-state index contributed by atoms with van der Waals surface area (Å²) >= 11 is 2.75. The van der Waals surface area contributed by atoms with Crippen LogP contribution >= 0.6 is 22.9 Å². The van der Waals surface area contributed by atoms with E-state index >= 15 is 0 Å². The number of thiazole rings is 1. The molecule has 96 valence electrons. The quantitative estimate of drug-likeness (QED) is 0.844. The molecule has 2 aromatic heterocycles. The van der Waals surface area contributed by atoms with Gasteiger partial charge in [0.15, 0.2) is 5.69 Å². The molecule has 0 aliphatic carbocycles. The minimum absolute atomic E-state index is 0.0762. The highest BCUT2D eigenvalue weighted by atomic mass is 32.1. The Hall–Kier alpha value is -1.34. The average Bonchev–Trinajstić information content (AvgIpc) is 2.99. The van der Waals surface area contributed by atoms with Crippen LogP contribution in [0.2, 0.25) is 0 Å². The van der Waals surface area contributed by atoms with Gasteiger partial charge < -0.3 is 4.90 Å². The summed E-state index contributed by atoms with van der Waals surface area (Å²) in [4.78, 5) is 18.3. The molecule has 0 atom stereocenters. The maximum atomic E-state index is 12.3. The maximum Gasteiger partial charge on any atom is 0.275 e. The van der Waals surface area contributed by atoms with Crippen molar-refractivity contribution in [2.45, 2.75) is 20.4 Å². The van der Waals surface area contributed by atoms with Crippen LogP contribution in [-0.2, 0) is 6.54 Å². The Morgan fingerprint density at radius 1 is 1.50 bits per heavy atom. The van der Waals surface area contributed by atoms with E-state index in [4.69, 9.17) is 0 Å². The topological polar surface area (TPSA) is 59.0 Å². The van der Waals surface area contributed by atoms with Crippen molar-refractivity contribution in [2.24, 2.45) is 5.92 Å². The van der Waals surface area contributed by atoms with E-state index in [1.54, 1.807) is 27.8 Å². The Morgan fingerprint density at radius 2 is 2.33 bits per heavy atom. The van der Waals surface area contributed by atoms with Gasteiger partial charge in [-0.1, -0.05) is 18.3 Å². The average molecular weight is 282 g/mol. The molecular weight excluding hydrogens is 268 g/mol. The van der Waals surface area contributed by atoms with Gasteiger partial charge in [0.25, 0.3) is 5.91 Å². The second-order valence-electron chi connectivity index (χ2n) is 4.30. The van der Waals surface area contributed by atoms with Crippen LogP contribution in [0.3, 0.4) is 0 Å². The molecule has 18 heavy (non-hydrogen) atoms. The highest BCUT2D eigenvalue weighted by molar-refractivity contribution is 7.09. The molecule has 1 amide bonds. The summed E-state index contributed by atoms with van der Waals surface area (Å²) in [7, 11) is 0. The van der Waals surface area contributed by atoms with Crippen LogP contribution in [0.15, 0.2) is 17.0 Å². The van der Waals surface area contributed by atoms with Gasteiger partial charge in [-0.2, -0.15) is 0 Å². The summed E-state index contributed by atoms with van der Waals surface area (Å²) in [5.41, 5.74) is 0.414. The first kappa shape index (κ1) is 13.1. The molecule has 0 aliphatic rings. The van der Waals surface area contributed by atoms with E-state index in [-0.39, 0.29) is 5.91 Å². The lowest BCUT2D eigenvalue weighted by Gasteiger charge is -2.22. The third-order valence-electron chi connectivity index (χ3n) is 2.26. The lowest BCUT2D eigenvalue weighted by Crippen LogP contribution is -2.34. The highest BCUT2D eigenvalue weighted by Crippen LogP contribution is 2.13. The third-order valence-corrected chi connectivity index (χ3v) is 3.53. The Balaban J connectivity index is 2.12. The zero-order valence-electron chi connectivity index (χ0n) is 10.2. The molecule has 5 nitrogen and oxygen atoms in total. The summed E-state index contributed by atoms with van der Waals surface area (Å²) in [5.74, 6) is 0.327. The molecule has 0 spiro atoms. The molecule has 0 fully saturated rings. The van der Waals surface area contributed by atoms with Gasteiger partial charge in [0, 0.05) is 23.5 Å². The van der Waals surface area contributed by atoms with Crippen molar-refractivity contribution in [3.8, 4) is 0 Å². The molecule has 2 heterocycles. The molecule has 0 bridgehead atoms. The number of aromatic nitrogens is 3. The lowest BCUT2D eigenvalue weighted by atomic mass is 10.2. The second kappa shape index (κ2) is 6.01. The fraction of sp³-hybridized carbons (Fsp3) is 0.455. The predicted octanol–water partition coefficient (Wildman–Crippen LogP) is 2.29. The third kappa shape index (κ3) is 3.33. The van der Waals surface area contributed by atoms with E-state index in [1.807, 2.05) is 5.38 Å². The van der Waals surface area contributed by atoms with Gasteiger partial charge in [0.2, 0.25) is 0 Å². The molecule has 0 saturated carbocycles. The number of amides is 1. The molecule has 0 aliphatic heterocycles. The van der Waals surface area contributed by atoms with Gasteiger partial charge in [-0.25, -0.2) is 4.98 Å². The van der Waals surface area contributed by atoms with Crippen LogP contribution in [0.1, 0.15) is 29.3 Å². The van der Waals surface area contributed by atoms with E-state index in [0.717, 1.165) is 5.01 Å². The molecule has 2 rings (SSSR count). The van der Waals surface area contributed by atoms with Crippen molar-refractivity contribution < 1.29 is 4.79 Å². The first-order chi connectivity index (χ1) is 8.66. The van der Waals surface area contributed by atoms with Crippen molar-refractivity contribution in [3.63, 3.8) is 0 Å². The molecule has 0 radical (unpaired) electrons. The second-order valence-corrected chi connectivity index (χ2v) is 5.88. The number of carbonyl (C=O) groups is 1. The minimum atomic E-state index is -0.0762. The monoisotopic (exact) mass is 282 g/mol. The lowest BCUT2D eigenvalue weighted by molar-refractivity contribution is 0.0716.